The average molecular weight is 225 g/mol. The van der Waals surface area contributed by atoms with Gasteiger partial charge in [-0.15, -0.1) is 0 Å². The lowest BCUT2D eigenvalue weighted by Crippen LogP contribution is -2.01. The van der Waals surface area contributed by atoms with E-state index in [1.807, 2.05) is 6.92 Å². The summed E-state index contributed by atoms with van der Waals surface area (Å²) in [5.74, 6) is 1.51. The highest BCUT2D eigenvalue weighted by molar-refractivity contribution is 5.17. The molecule has 0 saturated heterocycles. The van der Waals surface area contributed by atoms with E-state index in [4.69, 9.17) is 4.52 Å². The van der Waals surface area contributed by atoms with E-state index in [-0.39, 0.29) is 0 Å². The minimum absolute atomic E-state index is 0.541. The number of nitrogens with one attached hydrogen (secondary N) is 1. The Bertz CT molecular complexity index is 284. The van der Waals surface area contributed by atoms with E-state index in [9.17, 15) is 0 Å². The lowest BCUT2D eigenvalue weighted by Gasteiger charge is -2.04. The minimum Gasteiger partial charge on any atom is -0.338 e. The van der Waals surface area contributed by atoms with Gasteiger partial charge in [0.1, 0.15) is 0 Å². The standard InChI is InChI=1S/C12H23N3O/c1-10(2)8-6-4-5-7-9-13-12-14-11(3)15-16-12/h10H,4-9H2,1-3H3,(H,13,14,15). The zero-order valence-corrected chi connectivity index (χ0v) is 10.6. The third-order valence-corrected chi connectivity index (χ3v) is 2.51. The number of rotatable bonds is 8. The number of anilines is 1. The van der Waals surface area contributed by atoms with E-state index >= 15 is 0 Å². The fourth-order valence-corrected chi connectivity index (χ4v) is 1.60. The first-order chi connectivity index (χ1) is 7.68. The highest BCUT2D eigenvalue weighted by Crippen LogP contribution is 2.09. The van der Waals surface area contributed by atoms with Crippen LogP contribution in [0.25, 0.3) is 0 Å². The summed E-state index contributed by atoms with van der Waals surface area (Å²) < 4.78 is 4.95. The van der Waals surface area contributed by atoms with Crippen LogP contribution in [0.3, 0.4) is 0 Å². The first-order valence-corrected chi connectivity index (χ1v) is 6.22. The van der Waals surface area contributed by atoms with Crippen molar-refractivity contribution >= 4 is 6.01 Å². The molecule has 0 fully saturated rings. The molecule has 0 spiro atoms. The van der Waals surface area contributed by atoms with Gasteiger partial charge in [0, 0.05) is 6.54 Å². The maximum atomic E-state index is 4.95. The Hall–Kier alpha value is -1.06. The van der Waals surface area contributed by atoms with Crippen LogP contribution in [-0.4, -0.2) is 16.7 Å². The van der Waals surface area contributed by atoms with Crippen LogP contribution in [-0.2, 0) is 0 Å². The van der Waals surface area contributed by atoms with Crippen LogP contribution in [0.5, 0.6) is 0 Å². The lowest BCUT2D eigenvalue weighted by atomic mass is 10.0. The summed E-state index contributed by atoms with van der Waals surface area (Å²) in [7, 11) is 0. The number of nitrogens with zero attached hydrogens (tertiary/aromatic N) is 2. The second-order valence-electron chi connectivity index (χ2n) is 4.67. The summed E-state index contributed by atoms with van der Waals surface area (Å²) >= 11 is 0. The summed E-state index contributed by atoms with van der Waals surface area (Å²) in [6.07, 6.45) is 6.45. The van der Waals surface area contributed by atoms with Crippen LogP contribution in [0.2, 0.25) is 0 Å². The molecule has 0 bridgehead atoms. The number of aromatic nitrogens is 2. The fraction of sp³-hybridized carbons (Fsp3) is 0.833. The van der Waals surface area contributed by atoms with E-state index in [0.29, 0.717) is 11.8 Å². The van der Waals surface area contributed by atoms with Crippen LogP contribution in [0.1, 0.15) is 51.8 Å². The lowest BCUT2D eigenvalue weighted by molar-refractivity contribution is 0.424. The molecule has 1 rings (SSSR count). The molecule has 92 valence electrons. The molecule has 1 heterocycles. The van der Waals surface area contributed by atoms with Crippen LogP contribution < -0.4 is 5.32 Å². The SMILES string of the molecule is Cc1noc(NCCCCCCC(C)C)n1. The molecule has 16 heavy (non-hydrogen) atoms. The largest absolute Gasteiger partial charge is 0.338 e. The van der Waals surface area contributed by atoms with Crippen molar-refractivity contribution in [2.45, 2.75) is 52.9 Å². The molecule has 0 amide bonds. The van der Waals surface area contributed by atoms with Crippen LogP contribution in [0.15, 0.2) is 4.52 Å². The molecule has 0 saturated carbocycles. The van der Waals surface area contributed by atoms with E-state index in [0.717, 1.165) is 12.5 Å². The fourth-order valence-electron chi connectivity index (χ4n) is 1.60. The number of aryl methyl sites for hydroxylation is 1. The van der Waals surface area contributed by atoms with E-state index in [1.165, 1.54) is 32.1 Å². The summed E-state index contributed by atoms with van der Waals surface area (Å²) in [6, 6.07) is 0.541. The van der Waals surface area contributed by atoms with E-state index in [2.05, 4.69) is 29.3 Å². The van der Waals surface area contributed by atoms with Gasteiger partial charge in [0.25, 0.3) is 0 Å². The Kier molecular flexibility index (Phi) is 5.90. The normalized spacial score (nSPS) is 11.0. The maximum Gasteiger partial charge on any atom is 0.321 e. The van der Waals surface area contributed by atoms with Gasteiger partial charge in [-0.3, -0.25) is 0 Å². The first kappa shape index (κ1) is 13.0. The van der Waals surface area contributed by atoms with Crippen molar-refractivity contribution in [3.8, 4) is 0 Å². The second-order valence-corrected chi connectivity index (χ2v) is 4.67. The van der Waals surface area contributed by atoms with Gasteiger partial charge in [0.05, 0.1) is 0 Å². The van der Waals surface area contributed by atoms with Gasteiger partial charge in [-0.05, 0) is 19.3 Å². The number of hydrogen-bond acceptors (Lipinski definition) is 4. The molecular weight excluding hydrogens is 202 g/mol. The monoisotopic (exact) mass is 225 g/mol. The molecule has 0 unspecified atom stereocenters. The Morgan fingerprint density at radius 2 is 1.94 bits per heavy atom. The molecular formula is C12H23N3O. The predicted molar refractivity (Wildman–Crippen MR) is 65.4 cm³/mol. The number of hydrogen-bond donors (Lipinski definition) is 1. The summed E-state index contributed by atoms with van der Waals surface area (Å²) in [4.78, 5) is 4.08. The highest BCUT2D eigenvalue weighted by atomic mass is 16.5. The average Bonchev–Trinajstić information content (AvgIpc) is 2.62. The van der Waals surface area contributed by atoms with Crippen molar-refractivity contribution in [3.63, 3.8) is 0 Å². The molecule has 4 heteroatoms. The minimum atomic E-state index is 0.541. The van der Waals surface area contributed by atoms with Crippen molar-refractivity contribution < 1.29 is 4.52 Å². The van der Waals surface area contributed by atoms with E-state index < -0.39 is 0 Å². The van der Waals surface area contributed by atoms with Crippen LogP contribution >= 0.6 is 0 Å². The zero-order chi connectivity index (χ0) is 11.8. The third-order valence-electron chi connectivity index (χ3n) is 2.51. The topological polar surface area (TPSA) is 51.0 Å². The van der Waals surface area contributed by atoms with Crippen LogP contribution in [0, 0.1) is 12.8 Å². The van der Waals surface area contributed by atoms with Gasteiger partial charge in [-0.25, -0.2) is 0 Å². The summed E-state index contributed by atoms with van der Waals surface area (Å²) in [5, 5.41) is 6.84. The molecule has 1 aromatic rings. The Balaban J connectivity index is 1.92. The van der Waals surface area contributed by atoms with Gasteiger partial charge in [-0.2, -0.15) is 4.98 Å². The molecule has 0 aromatic carbocycles. The predicted octanol–water partition coefficient (Wildman–Crippen LogP) is 3.40. The Labute approximate surface area is 97.8 Å². The Morgan fingerprint density at radius 3 is 2.56 bits per heavy atom. The summed E-state index contributed by atoms with van der Waals surface area (Å²) in [6.45, 7) is 7.29. The molecule has 1 N–H and O–H groups in total. The van der Waals surface area contributed by atoms with Crippen molar-refractivity contribution in [2.24, 2.45) is 5.92 Å². The maximum absolute atomic E-state index is 4.95. The van der Waals surface area contributed by atoms with Gasteiger partial charge < -0.3 is 9.84 Å². The zero-order valence-electron chi connectivity index (χ0n) is 10.6. The number of unbranched alkanes of at least 4 members (excludes halogenated alkanes) is 3. The molecule has 1 aromatic heterocycles. The van der Waals surface area contributed by atoms with Gasteiger partial charge >= 0.3 is 6.01 Å². The van der Waals surface area contributed by atoms with E-state index in [1.54, 1.807) is 0 Å². The second kappa shape index (κ2) is 7.25. The molecule has 0 aliphatic heterocycles. The van der Waals surface area contributed by atoms with Gasteiger partial charge in [-0.1, -0.05) is 44.7 Å². The van der Waals surface area contributed by atoms with Crippen molar-refractivity contribution in [3.05, 3.63) is 5.82 Å². The Morgan fingerprint density at radius 1 is 1.19 bits per heavy atom. The first-order valence-electron chi connectivity index (χ1n) is 6.22. The van der Waals surface area contributed by atoms with Crippen molar-refractivity contribution in [1.29, 1.82) is 0 Å². The molecule has 0 aliphatic rings. The molecule has 4 nitrogen and oxygen atoms in total. The smallest absolute Gasteiger partial charge is 0.321 e. The van der Waals surface area contributed by atoms with Crippen molar-refractivity contribution in [1.82, 2.24) is 10.1 Å². The molecule has 0 aliphatic carbocycles. The van der Waals surface area contributed by atoms with Crippen LogP contribution in [0.4, 0.5) is 6.01 Å². The quantitative estimate of drug-likeness (QED) is 0.689. The van der Waals surface area contributed by atoms with Gasteiger partial charge in [0.2, 0.25) is 0 Å². The van der Waals surface area contributed by atoms with Gasteiger partial charge in [0.15, 0.2) is 5.82 Å². The molecule has 0 radical (unpaired) electrons. The third kappa shape index (κ3) is 5.73. The summed E-state index contributed by atoms with van der Waals surface area (Å²) in [5.41, 5.74) is 0. The van der Waals surface area contributed by atoms with Crippen molar-refractivity contribution in [2.75, 3.05) is 11.9 Å². The highest BCUT2D eigenvalue weighted by Gasteiger charge is 2.00. The molecule has 0 atom stereocenters.